The van der Waals surface area contributed by atoms with Crippen molar-refractivity contribution in [1.82, 2.24) is 9.03 Å². The summed E-state index contributed by atoms with van der Waals surface area (Å²) in [6.45, 7) is 1.96. The molecule has 0 aromatic heterocycles. The number of rotatable bonds is 8. The molecule has 0 bridgehead atoms. The minimum absolute atomic E-state index is 0.0506. The van der Waals surface area contributed by atoms with Crippen LogP contribution in [0.3, 0.4) is 0 Å². The van der Waals surface area contributed by atoms with Gasteiger partial charge in [0.15, 0.2) is 0 Å². The molecule has 0 aliphatic carbocycles. The maximum absolute atomic E-state index is 12.8. The smallest absolute Gasteiger partial charge is 0.279 e. The second kappa shape index (κ2) is 7.68. The van der Waals surface area contributed by atoms with Gasteiger partial charge in [-0.15, -0.1) is 0 Å². The minimum Gasteiger partial charge on any atom is -0.396 e. The molecule has 1 aromatic carbocycles. The molecule has 5 nitrogen and oxygen atoms in total. The Bertz CT molecular complexity index is 505. The first-order chi connectivity index (χ1) is 9.35. The molecule has 0 aliphatic rings. The molecule has 1 aromatic rings. The summed E-state index contributed by atoms with van der Waals surface area (Å²) < 4.78 is 40.4. The first-order valence-corrected chi connectivity index (χ1v) is 7.88. The number of nitrogens with zero attached hydrogens (tertiary/aromatic N) is 1. The highest BCUT2D eigenvalue weighted by molar-refractivity contribution is 7.87. The molecule has 0 saturated heterocycles. The second-order valence-electron chi connectivity index (χ2n) is 4.75. The zero-order valence-corrected chi connectivity index (χ0v) is 12.5. The highest BCUT2D eigenvalue weighted by Crippen LogP contribution is 2.07. The quantitative estimate of drug-likeness (QED) is 0.750. The van der Waals surface area contributed by atoms with Crippen LogP contribution in [0.5, 0.6) is 0 Å². The summed E-state index contributed by atoms with van der Waals surface area (Å²) in [5.74, 6) is -0.314. The highest BCUT2D eigenvalue weighted by atomic mass is 32.2. The van der Waals surface area contributed by atoms with E-state index >= 15 is 0 Å². The number of hydrogen-bond donors (Lipinski definition) is 2. The predicted molar refractivity (Wildman–Crippen MR) is 76.0 cm³/mol. The van der Waals surface area contributed by atoms with Gasteiger partial charge >= 0.3 is 0 Å². The lowest BCUT2D eigenvalue weighted by atomic mass is 10.1. The normalized spacial score (nSPS) is 13.7. The molecule has 1 atom stereocenters. The fourth-order valence-corrected chi connectivity index (χ4v) is 2.91. The van der Waals surface area contributed by atoms with Crippen molar-refractivity contribution in [3.8, 4) is 0 Å². The van der Waals surface area contributed by atoms with E-state index in [2.05, 4.69) is 4.72 Å². The molecule has 0 aliphatic heterocycles. The van der Waals surface area contributed by atoms with E-state index in [0.717, 1.165) is 5.56 Å². The SMILES string of the molecule is CC(Cc1ccc(F)cc1)NS(=O)(=O)N(C)CCCO. The van der Waals surface area contributed by atoms with Crippen LogP contribution in [0, 0.1) is 5.82 Å². The van der Waals surface area contributed by atoms with Crippen molar-refractivity contribution in [3.05, 3.63) is 35.6 Å². The summed E-state index contributed by atoms with van der Waals surface area (Å²) in [4.78, 5) is 0. The Morgan fingerprint density at radius 3 is 2.50 bits per heavy atom. The van der Waals surface area contributed by atoms with Crippen molar-refractivity contribution in [1.29, 1.82) is 0 Å². The van der Waals surface area contributed by atoms with Crippen molar-refractivity contribution in [3.63, 3.8) is 0 Å². The largest absolute Gasteiger partial charge is 0.396 e. The first kappa shape index (κ1) is 17.0. The van der Waals surface area contributed by atoms with Crippen LogP contribution in [0.1, 0.15) is 18.9 Å². The fourth-order valence-electron chi connectivity index (χ4n) is 1.77. The van der Waals surface area contributed by atoms with Crippen molar-refractivity contribution >= 4 is 10.2 Å². The van der Waals surface area contributed by atoms with Crippen LogP contribution in [-0.4, -0.2) is 44.1 Å². The van der Waals surface area contributed by atoms with Gasteiger partial charge < -0.3 is 5.11 Å². The van der Waals surface area contributed by atoms with Crippen LogP contribution in [0.15, 0.2) is 24.3 Å². The Morgan fingerprint density at radius 2 is 1.95 bits per heavy atom. The Morgan fingerprint density at radius 1 is 1.35 bits per heavy atom. The first-order valence-electron chi connectivity index (χ1n) is 6.44. The lowest BCUT2D eigenvalue weighted by Crippen LogP contribution is -2.43. The molecule has 1 rings (SSSR count). The number of halogens is 1. The molecular formula is C13H21FN2O3S. The molecule has 0 radical (unpaired) electrons. The molecule has 7 heteroatoms. The van der Waals surface area contributed by atoms with Crippen molar-refractivity contribution < 1.29 is 17.9 Å². The second-order valence-corrected chi connectivity index (χ2v) is 6.56. The molecule has 0 heterocycles. The predicted octanol–water partition coefficient (Wildman–Crippen LogP) is 0.905. The van der Waals surface area contributed by atoms with Crippen LogP contribution < -0.4 is 4.72 Å². The average Bonchev–Trinajstić information content (AvgIpc) is 2.37. The number of aliphatic hydroxyl groups is 1. The van der Waals surface area contributed by atoms with Gasteiger partial charge in [0.1, 0.15) is 5.82 Å². The van der Waals surface area contributed by atoms with E-state index in [1.54, 1.807) is 19.1 Å². The number of nitrogens with one attached hydrogen (secondary N) is 1. The van der Waals surface area contributed by atoms with Gasteiger partial charge in [-0.2, -0.15) is 17.4 Å². The van der Waals surface area contributed by atoms with E-state index in [1.165, 1.54) is 23.5 Å². The van der Waals surface area contributed by atoms with Gasteiger partial charge in [-0.1, -0.05) is 12.1 Å². The van der Waals surface area contributed by atoms with Crippen LogP contribution >= 0.6 is 0 Å². The third-order valence-electron chi connectivity index (χ3n) is 2.85. The highest BCUT2D eigenvalue weighted by Gasteiger charge is 2.19. The van der Waals surface area contributed by atoms with E-state index in [1.807, 2.05) is 0 Å². The number of aliphatic hydroxyl groups excluding tert-OH is 1. The van der Waals surface area contributed by atoms with E-state index in [4.69, 9.17) is 5.11 Å². The lowest BCUT2D eigenvalue weighted by molar-refractivity contribution is 0.275. The van der Waals surface area contributed by atoms with E-state index in [-0.39, 0.29) is 25.0 Å². The summed E-state index contributed by atoms with van der Waals surface area (Å²) in [5, 5.41) is 8.71. The summed E-state index contributed by atoms with van der Waals surface area (Å²) in [6.07, 6.45) is 0.872. The van der Waals surface area contributed by atoms with Gasteiger partial charge in [-0.05, 0) is 37.5 Å². The molecule has 0 amide bonds. The number of benzene rings is 1. The third-order valence-corrected chi connectivity index (χ3v) is 4.55. The molecule has 0 spiro atoms. The van der Waals surface area contributed by atoms with Crippen LogP contribution in [0.2, 0.25) is 0 Å². The molecule has 1 unspecified atom stereocenters. The van der Waals surface area contributed by atoms with Crippen LogP contribution in [-0.2, 0) is 16.6 Å². The van der Waals surface area contributed by atoms with E-state index < -0.39 is 10.2 Å². The van der Waals surface area contributed by atoms with Gasteiger partial charge in [0.25, 0.3) is 10.2 Å². The molecule has 114 valence electrons. The summed E-state index contributed by atoms with van der Waals surface area (Å²) >= 11 is 0. The van der Waals surface area contributed by atoms with Crippen molar-refractivity contribution in [2.24, 2.45) is 0 Å². The van der Waals surface area contributed by atoms with Gasteiger partial charge in [0.05, 0.1) is 0 Å². The third kappa shape index (κ3) is 5.54. The zero-order valence-electron chi connectivity index (χ0n) is 11.7. The molecule has 20 heavy (non-hydrogen) atoms. The monoisotopic (exact) mass is 304 g/mol. The van der Waals surface area contributed by atoms with Crippen molar-refractivity contribution in [2.75, 3.05) is 20.2 Å². The maximum atomic E-state index is 12.8. The zero-order chi connectivity index (χ0) is 15.2. The Kier molecular flexibility index (Phi) is 6.54. The topological polar surface area (TPSA) is 69.6 Å². The molecular weight excluding hydrogens is 283 g/mol. The van der Waals surface area contributed by atoms with E-state index in [9.17, 15) is 12.8 Å². The van der Waals surface area contributed by atoms with Crippen molar-refractivity contribution in [2.45, 2.75) is 25.8 Å². The van der Waals surface area contributed by atoms with Gasteiger partial charge in [0.2, 0.25) is 0 Å². The average molecular weight is 304 g/mol. The standard InChI is InChI=1S/C13H21FN2O3S/c1-11(10-12-4-6-13(14)7-5-12)15-20(18,19)16(2)8-3-9-17/h4-7,11,15,17H,3,8-10H2,1-2H3. The molecule has 0 fully saturated rings. The number of hydrogen-bond acceptors (Lipinski definition) is 3. The molecule has 2 N–H and O–H groups in total. The summed E-state index contributed by atoms with van der Waals surface area (Å²) in [6, 6.07) is 5.67. The minimum atomic E-state index is -3.56. The van der Waals surface area contributed by atoms with Gasteiger partial charge in [-0.3, -0.25) is 0 Å². The Labute approximate surface area is 119 Å². The summed E-state index contributed by atoms with van der Waals surface area (Å²) in [7, 11) is -2.10. The van der Waals surface area contributed by atoms with Crippen LogP contribution in [0.25, 0.3) is 0 Å². The Balaban J connectivity index is 2.56. The summed E-state index contributed by atoms with van der Waals surface area (Å²) in [5.41, 5.74) is 0.861. The maximum Gasteiger partial charge on any atom is 0.279 e. The Hall–Kier alpha value is -1.02. The van der Waals surface area contributed by atoms with Crippen LogP contribution in [0.4, 0.5) is 4.39 Å². The van der Waals surface area contributed by atoms with Gasteiger partial charge in [0, 0.05) is 26.2 Å². The van der Waals surface area contributed by atoms with Gasteiger partial charge in [-0.25, -0.2) is 4.39 Å². The fraction of sp³-hybridized carbons (Fsp3) is 0.538. The van der Waals surface area contributed by atoms with E-state index in [0.29, 0.717) is 12.8 Å². The molecule has 0 saturated carbocycles. The lowest BCUT2D eigenvalue weighted by Gasteiger charge is -2.21.